The van der Waals surface area contributed by atoms with Crippen molar-refractivity contribution in [2.45, 2.75) is 46.3 Å². The summed E-state index contributed by atoms with van der Waals surface area (Å²) in [7, 11) is 0. The molecule has 2 nitrogen and oxygen atoms in total. The molecule has 1 fully saturated rings. The van der Waals surface area contributed by atoms with E-state index in [4.69, 9.17) is 0 Å². The fraction of sp³-hybridized carbons (Fsp3) is 0.625. The Hall–Kier alpha value is -0.380. The molecule has 1 aliphatic heterocycles. The molecular weight excluding hydrogens is 300 g/mol. The molecule has 19 heavy (non-hydrogen) atoms. The lowest BCUT2D eigenvalue weighted by atomic mass is 9.83. The first-order chi connectivity index (χ1) is 8.88. The van der Waals surface area contributed by atoms with Crippen LogP contribution in [-0.4, -0.2) is 30.1 Å². The minimum absolute atomic E-state index is 0.300. The maximum absolute atomic E-state index is 3.67. The van der Waals surface area contributed by atoms with Crippen LogP contribution in [0.1, 0.15) is 33.3 Å². The van der Waals surface area contributed by atoms with Gasteiger partial charge in [-0.1, -0.05) is 54.9 Å². The van der Waals surface area contributed by atoms with Crippen LogP contribution in [0.25, 0.3) is 0 Å². The average molecular weight is 325 g/mol. The Labute approximate surface area is 125 Å². The molecule has 0 radical (unpaired) electrons. The lowest BCUT2D eigenvalue weighted by Gasteiger charge is -2.46. The van der Waals surface area contributed by atoms with Gasteiger partial charge in [0.05, 0.1) is 0 Å². The van der Waals surface area contributed by atoms with Crippen LogP contribution in [0, 0.1) is 5.41 Å². The van der Waals surface area contributed by atoms with Crippen molar-refractivity contribution in [2.75, 3.05) is 13.1 Å². The molecule has 0 amide bonds. The van der Waals surface area contributed by atoms with E-state index in [1.807, 2.05) is 0 Å². The maximum atomic E-state index is 3.67. The van der Waals surface area contributed by atoms with Gasteiger partial charge in [-0.15, -0.1) is 0 Å². The molecule has 2 rings (SSSR count). The summed E-state index contributed by atoms with van der Waals surface area (Å²) < 4.78 is 1.22. The molecular formula is C16H25BrN2. The highest BCUT2D eigenvalue weighted by molar-refractivity contribution is 9.10. The van der Waals surface area contributed by atoms with Crippen LogP contribution in [0.4, 0.5) is 0 Å². The predicted molar refractivity (Wildman–Crippen MR) is 85.3 cm³/mol. The fourth-order valence-corrected chi connectivity index (χ4v) is 3.27. The number of hydrogen-bond donors (Lipinski definition) is 1. The first kappa shape index (κ1) is 15.0. The standard InChI is InChI=1S/C16H25BrN2/c1-12-10-19(15(9-18-12)16(2,3)4)11-13-7-5-6-8-14(13)17/h5-8,12,15,18H,9-11H2,1-4H3. The van der Waals surface area contributed by atoms with Crippen molar-refractivity contribution >= 4 is 15.9 Å². The van der Waals surface area contributed by atoms with Gasteiger partial charge in [0.25, 0.3) is 0 Å². The maximum Gasteiger partial charge on any atom is 0.0273 e. The smallest absolute Gasteiger partial charge is 0.0273 e. The second kappa shape index (κ2) is 5.94. The number of halogens is 1. The average Bonchev–Trinajstić information content (AvgIpc) is 2.30. The summed E-state index contributed by atoms with van der Waals surface area (Å²) in [5.74, 6) is 0. The van der Waals surface area contributed by atoms with Crippen LogP contribution in [0.3, 0.4) is 0 Å². The lowest BCUT2D eigenvalue weighted by Crippen LogP contribution is -2.59. The number of rotatable bonds is 2. The number of piperazine rings is 1. The third-order valence-corrected chi connectivity index (χ3v) is 4.71. The molecule has 1 N–H and O–H groups in total. The van der Waals surface area contributed by atoms with E-state index in [1.54, 1.807) is 0 Å². The van der Waals surface area contributed by atoms with Gasteiger partial charge < -0.3 is 5.32 Å². The molecule has 0 spiro atoms. The fourth-order valence-electron chi connectivity index (χ4n) is 2.86. The van der Waals surface area contributed by atoms with E-state index in [2.05, 4.69) is 78.1 Å². The van der Waals surface area contributed by atoms with Gasteiger partial charge in [0.2, 0.25) is 0 Å². The summed E-state index contributed by atoms with van der Waals surface area (Å²) in [5, 5.41) is 3.62. The summed E-state index contributed by atoms with van der Waals surface area (Å²) in [6, 6.07) is 9.70. The molecule has 2 atom stereocenters. The molecule has 3 heteroatoms. The summed E-state index contributed by atoms with van der Waals surface area (Å²) in [5.41, 5.74) is 1.68. The molecule has 1 aliphatic rings. The Morgan fingerprint density at radius 3 is 2.63 bits per heavy atom. The van der Waals surface area contributed by atoms with Gasteiger partial charge in [-0.25, -0.2) is 0 Å². The summed E-state index contributed by atoms with van der Waals surface area (Å²) >= 11 is 3.67. The Morgan fingerprint density at radius 1 is 1.32 bits per heavy atom. The summed E-state index contributed by atoms with van der Waals surface area (Å²) in [6.07, 6.45) is 0. The molecule has 0 aromatic heterocycles. The van der Waals surface area contributed by atoms with E-state index < -0.39 is 0 Å². The number of benzene rings is 1. The van der Waals surface area contributed by atoms with E-state index in [0.717, 1.165) is 19.6 Å². The minimum Gasteiger partial charge on any atom is -0.311 e. The minimum atomic E-state index is 0.300. The zero-order valence-electron chi connectivity index (χ0n) is 12.4. The molecule has 0 aliphatic carbocycles. The second-order valence-corrected chi connectivity index (χ2v) is 7.57. The van der Waals surface area contributed by atoms with E-state index in [1.165, 1.54) is 10.0 Å². The molecule has 0 bridgehead atoms. The predicted octanol–water partition coefficient (Wildman–Crippen LogP) is 3.66. The van der Waals surface area contributed by atoms with Crippen molar-refractivity contribution < 1.29 is 0 Å². The van der Waals surface area contributed by atoms with Crippen molar-refractivity contribution in [3.8, 4) is 0 Å². The Bertz CT molecular complexity index is 425. The largest absolute Gasteiger partial charge is 0.311 e. The molecule has 1 aromatic rings. The van der Waals surface area contributed by atoms with Crippen LogP contribution in [0.15, 0.2) is 28.7 Å². The highest BCUT2D eigenvalue weighted by Crippen LogP contribution is 2.29. The second-order valence-electron chi connectivity index (χ2n) is 6.71. The zero-order valence-corrected chi connectivity index (χ0v) is 14.0. The van der Waals surface area contributed by atoms with Crippen LogP contribution in [0.5, 0.6) is 0 Å². The summed E-state index contributed by atoms with van der Waals surface area (Å²) in [4.78, 5) is 2.63. The van der Waals surface area contributed by atoms with Crippen molar-refractivity contribution in [1.82, 2.24) is 10.2 Å². The van der Waals surface area contributed by atoms with Crippen molar-refractivity contribution in [3.63, 3.8) is 0 Å². The van der Waals surface area contributed by atoms with Crippen molar-refractivity contribution in [1.29, 1.82) is 0 Å². The first-order valence-electron chi connectivity index (χ1n) is 7.09. The van der Waals surface area contributed by atoms with Gasteiger partial charge in [-0.05, 0) is 24.0 Å². The van der Waals surface area contributed by atoms with Crippen molar-refractivity contribution in [3.05, 3.63) is 34.3 Å². The zero-order chi connectivity index (χ0) is 14.0. The van der Waals surface area contributed by atoms with E-state index in [9.17, 15) is 0 Å². The highest BCUT2D eigenvalue weighted by atomic mass is 79.9. The van der Waals surface area contributed by atoms with Crippen LogP contribution in [0.2, 0.25) is 0 Å². The lowest BCUT2D eigenvalue weighted by molar-refractivity contribution is 0.0524. The number of nitrogens with one attached hydrogen (secondary N) is 1. The third-order valence-electron chi connectivity index (χ3n) is 3.94. The van der Waals surface area contributed by atoms with Crippen LogP contribution < -0.4 is 5.32 Å². The molecule has 2 unspecified atom stereocenters. The molecule has 0 saturated carbocycles. The molecule has 106 valence electrons. The molecule has 1 heterocycles. The third kappa shape index (κ3) is 3.80. The topological polar surface area (TPSA) is 15.3 Å². The van der Waals surface area contributed by atoms with Gasteiger partial charge in [0, 0.05) is 36.2 Å². The van der Waals surface area contributed by atoms with Gasteiger partial charge in [-0.3, -0.25) is 4.90 Å². The molecule has 1 aromatic carbocycles. The Balaban J connectivity index is 2.17. The number of nitrogens with zero attached hydrogens (tertiary/aromatic N) is 1. The normalized spacial score (nSPS) is 25.5. The molecule has 1 saturated heterocycles. The summed E-state index contributed by atoms with van der Waals surface area (Å²) in [6.45, 7) is 12.5. The van der Waals surface area contributed by atoms with E-state index >= 15 is 0 Å². The van der Waals surface area contributed by atoms with Gasteiger partial charge >= 0.3 is 0 Å². The quantitative estimate of drug-likeness (QED) is 0.893. The van der Waals surface area contributed by atoms with Crippen LogP contribution >= 0.6 is 15.9 Å². The van der Waals surface area contributed by atoms with E-state index in [-0.39, 0.29) is 0 Å². The van der Waals surface area contributed by atoms with E-state index in [0.29, 0.717) is 17.5 Å². The Kier molecular flexibility index (Phi) is 4.70. The highest BCUT2D eigenvalue weighted by Gasteiger charge is 2.34. The Morgan fingerprint density at radius 2 is 2.00 bits per heavy atom. The van der Waals surface area contributed by atoms with Crippen molar-refractivity contribution in [2.24, 2.45) is 5.41 Å². The number of hydrogen-bond acceptors (Lipinski definition) is 2. The van der Waals surface area contributed by atoms with Gasteiger partial charge in [0.1, 0.15) is 0 Å². The monoisotopic (exact) mass is 324 g/mol. The van der Waals surface area contributed by atoms with Gasteiger partial charge in [-0.2, -0.15) is 0 Å². The van der Waals surface area contributed by atoms with Gasteiger partial charge in [0.15, 0.2) is 0 Å². The van der Waals surface area contributed by atoms with Crippen LogP contribution in [-0.2, 0) is 6.54 Å². The SMILES string of the molecule is CC1CN(Cc2ccccc2Br)C(C(C)(C)C)CN1. The first-order valence-corrected chi connectivity index (χ1v) is 7.88.